The first-order valence-corrected chi connectivity index (χ1v) is 7.82. The van der Waals surface area contributed by atoms with Crippen molar-refractivity contribution in [1.29, 1.82) is 0 Å². The molecule has 7 heteroatoms. The van der Waals surface area contributed by atoms with E-state index in [-0.39, 0.29) is 18.5 Å². The molecule has 2 amide bonds. The highest BCUT2D eigenvalue weighted by molar-refractivity contribution is 5.75. The summed E-state index contributed by atoms with van der Waals surface area (Å²) >= 11 is 0. The molecule has 0 aromatic heterocycles. The molecule has 1 aromatic rings. The number of carboxylic acids is 1. The van der Waals surface area contributed by atoms with Crippen molar-refractivity contribution in [3.05, 3.63) is 24.3 Å². The maximum Gasteiger partial charge on any atom is 0.317 e. The number of ether oxygens (including phenoxy) is 2. The Morgan fingerprint density at radius 3 is 2.46 bits per heavy atom. The molecule has 0 fully saturated rings. The first-order valence-electron chi connectivity index (χ1n) is 7.82. The fourth-order valence-electron chi connectivity index (χ4n) is 2.00. The smallest absolute Gasteiger partial charge is 0.317 e. The van der Waals surface area contributed by atoms with Crippen LogP contribution in [-0.2, 0) is 4.79 Å². The van der Waals surface area contributed by atoms with Crippen LogP contribution >= 0.6 is 0 Å². The Hall–Kier alpha value is -2.44. The van der Waals surface area contributed by atoms with Crippen molar-refractivity contribution in [3.8, 4) is 11.5 Å². The molecule has 0 saturated heterocycles. The number of rotatable bonds is 9. The summed E-state index contributed by atoms with van der Waals surface area (Å²) in [7, 11) is 3.16. The molecule has 134 valence electrons. The number of urea groups is 1. The van der Waals surface area contributed by atoms with Gasteiger partial charge in [-0.2, -0.15) is 0 Å². The van der Waals surface area contributed by atoms with E-state index in [2.05, 4.69) is 5.32 Å². The average molecular weight is 338 g/mol. The lowest BCUT2D eigenvalue weighted by Gasteiger charge is -2.21. The predicted molar refractivity (Wildman–Crippen MR) is 90.5 cm³/mol. The van der Waals surface area contributed by atoms with E-state index in [1.165, 1.54) is 4.90 Å². The van der Waals surface area contributed by atoms with Crippen LogP contribution in [0.1, 0.15) is 13.8 Å². The third kappa shape index (κ3) is 6.36. The molecule has 24 heavy (non-hydrogen) atoms. The number of carbonyl (C=O) groups excluding carboxylic acids is 1. The zero-order valence-electron chi connectivity index (χ0n) is 14.6. The monoisotopic (exact) mass is 338 g/mol. The predicted octanol–water partition coefficient (Wildman–Crippen LogP) is 2.07. The van der Waals surface area contributed by atoms with Crippen molar-refractivity contribution in [3.63, 3.8) is 0 Å². The Labute approximate surface area is 142 Å². The van der Waals surface area contributed by atoms with E-state index in [0.717, 1.165) is 0 Å². The molecular formula is C17H26N2O5. The van der Waals surface area contributed by atoms with Crippen LogP contribution in [0.25, 0.3) is 0 Å². The van der Waals surface area contributed by atoms with Gasteiger partial charge in [0.2, 0.25) is 0 Å². The van der Waals surface area contributed by atoms with Crippen LogP contribution < -0.4 is 14.8 Å². The summed E-state index contributed by atoms with van der Waals surface area (Å²) in [5.74, 6) is -0.119. The fraction of sp³-hybridized carbons (Fsp3) is 0.529. The third-order valence-corrected chi connectivity index (χ3v) is 3.51. The molecule has 0 saturated carbocycles. The number of nitrogens with zero attached hydrogens (tertiary/aromatic N) is 1. The lowest BCUT2D eigenvalue weighted by atomic mass is 10.2. The van der Waals surface area contributed by atoms with Gasteiger partial charge in [0.05, 0.1) is 19.6 Å². The van der Waals surface area contributed by atoms with Gasteiger partial charge >= 0.3 is 12.0 Å². The van der Waals surface area contributed by atoms with Gasteiger partial charge in [0.1, 0.15) is 0 Å². The summed E-state index contributed by atoms with van der Waals surface area (Å²) in [6.45, 7) is 4.54. The summed E-state index contributed by atoms with van der Waals surface area (Å²) in [5, 5.41) is 11.6. The number of aliphatic carboxylic acids is 1. The minimum absolute atomic E-state index is 0.0872. The zero-order valence-corrected chi connectivity index (χ0v) is 14.6. The van der Waals surface area contributed by atoms with Gasteiger partial charge in [-0.3, -0.25) is 4.79 Å². The minimum atomic E-state index is -0.923. The highest BCUT2D eigenvalue weighted by atomic mass is 16.5. The van der Waals surface area contributed by atoms with Crippen molar-refractivity contribution in [2.24, 2.45) is 11.8 Å². The first-order chi connectivity index (χ1) is 11.3. The maximum absolute atomic E-state index is 11.9. The largest absolute Gasteiger partial charge is 0.493 e. The van der Waals surface area contributed by atoms with Crippen molar-refractivity contribution < 1.29 is 24.2 Å². The molecule has 0 spiro atoms. The van der Waals surface area contributed by atoms with E-state index in [1.54, 1.807) is 21.1 Å². The minimum Gasteiger partial charge on any atom is -0.493 e. The summed E-state index contributed by atoms with van der Waals surface area (Å²) in [6.07, 6.45) is 0. The molecule has 1 aromatic carbocycles. The number of hydrogen-bond acceptors (Lipinski definition) is 4. The number of hydrogen-bond donors (Lipinski definition) is 2. The van der Waals surface area contributed by atoms with Gasteiger partial charge in [0, 0.05) is 26.1 Å². The molecule has 2 atom stereocenters. The summed E-state index contributed by atoms with van der Waals surface area (Å²) in [6, 6.07) is 7.07. The number of benzene rings is 1. The van der Waals surface area contributed by atoms with E-state index < -0.39 is 11.9 Å². The Balaban J connectivity index is 2.36. The molecule has 0 radical (unpaired) electrons. The van der Waals surface area contributed by atoms with Crippen LogP contribution in [0, 0.1) is 11.8 Å². The molecule has 2 N–H and O–H groups in total. The van der Waals surface area contributed by atoms with Crippen LogP contribution in [0.15, 0.2) is 24.3 Å². The first kappa shape index (κ1) is 19.6. The Morgan fingerprint density at radius 1 is 1.25 bits per heavy atom. The molecule has 2 unspecified atom stereocenters. The number of para-hydroxylation sites is 2. The number of methoxy groups -OCH3 is 1. The molecular weight excluding hydrogens is 312 g/mol. The second-order valence-corrected chi connectivity index (χ2v) is 5.87. The lowest BCUT2D eigenvalue weighted by Crippen LogP contribution is -2.42. The van der Waals surface area contributed by atoms with Crippen molar-refractivity contribution in [1.82, 2.24) is 10.2 Å². The molecule has 0 bridgehead atoms. The second-order valence-electron chi connectivity index (χ2n) is 5.87. The highest BCUT2D eigenvalue weighted by Gasteiger charge is 2.17. The summed E-state index contributed by atoms with van der Waals surface area (Å²) < 4.78 is 10.9. The Morgan fingerprint density at radius 2 is 1.88 bits per heavy atom. The quantitative estimate of drug-likeness (QED) is 0.720. The second kappa shape index (κ2) is 9.64. The maximum atomic E-state index is 11.9. The van der Waals surface area contributed by atoms with E-state index in [0.29, 0.717) is 24.7 Å². The number of amides is 2. The van der Waals surface area contributed by atoms with Crippen LogP contribution in [-0.4, -0.2) is 55.9 Å². The number of nitrogens with one attached hydrogen (secondary N) is 1. The molecule has 0 aliphatic carbocycles. The molecule has 0 aliphatic rings. The fourth-order valence-corrected chi connectivity index (χ4v) is 2.00. The lowest BCUT2D eigenvalue weighted by molar-refractivity contribution is -0.141. The van der Waals surface area contributed by atoms with E-state index in [9.17, 15) is 9.59 Å². The topological polar surface area (TPSA) is 88.1 Å². The van der Waals surface area contributed by atoms with Gasteiger partial charge < -0.3 is 24.8 Å². The van der Waals surface area contributed by atoms with Gasteiger partial charge in [-0.1, -0.05) is 26.0 Å². The summed E-state index contributed by atoms with van der Waals surface area (Å²) in [5.41, 5.74) is 0. The van der Waals surface area contributed by atoms with Crippen molar-refractivity contribution in [2.45, 2.75) is 13.8 Å². The Kier molecular flexibility index (Phi) is 7.88. The SMILES string of the molecule is COc1ccccc1OCC(C)CNC(=O)N(C)CC(C)C(=O)O. The van der Waals surface area contributed by atoms with Gasteiger partial charge in [0.15, 0.2) is 11.5 Å². The van der Waals surface area contributed by atoms with Gasteiger partial charge in [-0.05, 0) is 12.1 Å². The van der Waals surface area contributed by atoms with Crippen LogP contribution in [0.3, 0.4) is 0 Å². The zero-order chi connectivity index (χ0) is 18.1. The highest BCUT2D eigenvalue weighted by Crippen LogP contribution is 2.26. The normalized spacial score (nSPS) is 12.8. The molecule has 0 heterocycles. The molecule has 1 rings (SSSR count). The van der Waals surface area contributed by atoms with Gasteiger partial charge in [-0.25, -0.2) is 4.79 Å². The average Bonchev–Trinajstić information content (AvgIpc) is 2.57. The van der Waals surface area contributed by atoms with E-state index in [4.69, 9.17) is 14.6 Å². The van der Waals surface area contributed by atoms with E-state index in [1.807, 2.05) is 31.2 Å². The van der Waals surface area contributed by atoms with Crippen LogP contribution in [0.2, 0.25) is 0 Å². The third-order valence-electron chi connectivity index (χ3n) is 3.51. The van der Waals surface area contributed by atoms with Crippen LogP contribution in [0.4, 0.5) is 4.79 Å². The van der Waals surface area contributed by atoms with Crippen LogP contribution in [0.5, 0.6) is 11.5 Å². The van der Waals surface area contributed by atoms with Crippen molar-refractivity contribution in [2.75, 3.05) is 33.9 Å². The van der Waals surface area contributed by atoms with E-state index >= 15 is 0 Å². The number of carboxylic acid groups (broad SMARTS) is 1. The molecule has 0 aliphatic heterocycles. The standard InChI is InChI=1S/C17H26N2O5/c1-12(11-24-15-8-6-5-7-14(15)23-4)9-18-17(22)19(3)10-13(2)16(20)21/h5-8,12-13H,9-11H2,1-4H3,(H,18,22)(H,20,21). The van der Waals surface area contributed by atoms with Gasteiger partial charge in [-0.15, -0.1) is 0 Å². The summed E-state index contributed by atoms with van der Waals surface area (Å²) in [4.78, 5) is 24.1. The Bertz CT molecular complexity index is 550. The van der Waals surface area contributed by atoms with Crippen molar-refractivity contribution >= 4 is 12.0 Å². The number of carbonyl (C=O) groups is 2. The van der Waals surface area contributed by atoms with Gasteiger partial charge in [0.25, 0.3) is 0 Å². The molecule has 7 nitrogen and oxygen atoms in total.